The monoisotopic (exact) mass is 158 g/mol. The fourth-order valence-electron chi connectivity index (χ4n) is 1.88. The first-order valence-corrected chi connectivity index (χ1v) is 4.42. The van der Waals surface area contributed by atoms with Crippen LogP contribution in [0.5, 0.6) is 0 Å². The fraction of sp³-hybridized carbons (Fsp3) is 1.00. The first-order chi connectivity index (χ1) is 5.01. The molecule has 0 aromatic heterocycles. The van der Waals surface area contributed by atoms with Crippen LogP contribution in [0.2, 0.25) is 0 Å². The molecule has 2 heteroatoms. The molecule has 0 radical (unpaired) electrons. The number of nitrogens with zero attached hydrogens (tertiary/aromatic N) is 1. The standard InChI is InChI=1S/C9H20NO/c1-6-9(7-2,8(3)4)10(5)11/h8H,6-7H2,1-5H3/q-1. The van der Waals surface area contributed by atoms with Crippen LogP contribution in [-0.4, -0.2) is 17.6 Å². The minimum atomic E-state index is -0.139. The average Bonchev–Trinajstić information content (AvgIpc) is 1.90. The summed E-state index contributed by atoms with van der Waals surface area (Å²) in [5, 5.41) is 12.4. The molecule has 0 N–H and O–H groups in total. The van der Waals surface area contributed by atoms with Crippen molar-refractivity contribution in [3.8, 4) is 0 Å². The van der Waals surface area contributed by atoms with E-state index in [1.807, 2.05) is 0 Å². The number of hydrogen-bond acceptors (Lipinski definition) is 2. The Morgan fingerprint density at radius 1 is 1.27 bits per heavy atom. The Labute approximate surface area is 70.2 Å². The van der Waals surface area contributed by atoms with Gasteiger partial charge in [-0.15, -0.1) is 0 Å². The van der Waals surface area contributed by atoms with Gasteiger partial charge in [0.15, 0.2) is 0 Å². The Balaban J connectivity index is 4.46. The van der Waals surface area contributed by atoms with E-state index in [1.54, 1.807) is 7.05 Å². The molecule has 0 atom stereocenters. The second-order valence-electron chi connectivity index (χ2n) is 3.46. The van der Waals surface area contributed by atoms with Gasteiger partial charge >= 0.3 is 0 Å². The Hall–Kier alpha value is -0.0800. The smallest absolute Gasteiger partial charge is 0.0106 e. The van der Waals surface area contributed by atoms with Gasteiger partial charge in [0, 0.05) is 5.54 Å². The zero-order valence-electron chi connectivity index (χ0n) is 8.35. The van der Waals surface area contributed by atoms with E-state index in [4.69, 9.17) is 0 Å². The normalized spacial score (nSPS) is 13.1. The number of rotatable bonds is 4. The molecule has 0 aliphatic heterocycles. The molecule has 0 saturated heterocycles. The van der Waals surface area contributed by atoms with Crippen molar-refractivity contribution in [3.05, 3.63) is 5.21 Å². The van der Waals surface area contributed by atoms with Crippen molar-refractivity contribution < 1.29 is 0 Å². The number of hydrogen-bond donors (Lipinski definition) is 0. The van der Waals surface area contributed by atoms with Crippen LogP contribution in [0.1, 0.15) is 40.5 Å². The predicted octanol–water partition coefficient (Wildman–Crippen LogP) is 2.63. The summed E-state index contributed by atoms with van der Waals surface area (Å²) < 4.78 is 0. The van der Waals surface area contributed by atoms with Crippen LogP contribution < -0.4 is 0 Å². The molecule has 11 heavy (non-hydrogen) atoms. The molecule has 68 valence electrons. The van der Waals surface area contributed by atoms with Gasteiger partial charge in [0.25, 0.3) is 0 Å². The second-order valence-corrected chi connectivity index (χ2v) is 3.46. The van der Waals surface area contributed by atoms with Gasteiger partial charge in [-0.05, 0) is 25.8 Å². The van der Waals surface area contributed by atoms with Crippen LogP contribution in [0, 0.1) is 11.1 Å². The Bertz CT molecular complexity index is 96.1. The van der Waals surface area contributed by atoms with Crippen molar-refractivity contribution in [3.63, 3.8) is 0 Å². The summed E-state index contributed by atoms with van der Waals surface area (Å²) in [6.07, 6.45) is 1.86. The lowest BCUT2D eigenvalue weighted by molar-refractivity contribution is 0.105. The van der Waals surface area contributed by atoms with Crippen molar-refractivity contribution in [2.24, 2.45) is 5.92 Å². The van der Waals surface area contributed by atoms with Crippen molar-refractivity contribution in [1.29, 1.82) is 0 Å². The Morgan fingerprint density at radius 3 is 1.64 bits per heavy atom. The molecule has 0 fully saturated rings. The molecule has 0 aliphatic rings. The average molecular weight is 158 g/mol. The molecule has 0 rings (SSSR count). The van der Waals surface area contributed by atoms with E-state index in [0.717, 1.165) is 17.9 Å². The summed E-state index contributed by atoms with van der Waals surface area (Å²) >= 11 is 0. The molecule has 0 saturated carbocycles. The van der Waals surface area contributed by atoms with Gasteiger partial charge in [-0.1, -0.05) is 27.7 Å². The highest BCUT2D eigenvalue weighted by Crippen LogP contribution is 2.30. The molecule has 0 spiro atoms. The van der Waals surface area contributed by atoms with E-state index in [1.165, 1.54) is 0 Å². The van der Waals surface area contributed by atoms with Crippen LogP contribution >= 0.6 is 0 Å². The van der Waals surface area contributed by atoms with E-state index in [2.05, 4.69) is 27.7 Å². The Morgan fingerprint density at radius 2 is 1.64 bits per heavy atom. The summed E-state index contributed by atoms with van der Waals surface area (Å²) in [6.45, 7) is 8.39. The lowest BCUT2D eigenvalue weighted by Gasteiger charge is -2.48. The van der Waals surface area contributed by atoms with Gasteiger partial charge in [0.05, 0.1) is 0 Å². The molecule has 0 bridgehead atoms. The second kappa shape index (κ2) is 4.07. The molecule has 0 heterocycles. The van der Waals surface area contributed by atoms with Gasteiger partial charge in [-0.2, -0.15) is 0 Å². The molecule has 0 aromatic rings. The van der Waals surface area contributed by atoms with Crippen molar-refractivity contribution in [2.45, 2.75) is 46.1 Å². The quantitative estimate of drug-likeness (QED) is 0.588. The van der Waals surface area contributed by atoms with Crippen LogP contribution in [-0.2, 0) is 0 Å². The summed E-state index contributed by atoms with van der Waals surface area (Å²) in [6, 6.07) is 0. The van der Waals surface area contributed by atoms with E-state index < -0.39 is 0 Å². The van der Waals surface area contributed by atoms with E-state index >= 15 is 0 Å². The molecule has 0 unspecified atom stereocenters. The van der Waals surface area contributed by atoms with E-state index in [-0.39, 0.29) is 5.54 Å². The summed E-state index contributed by atoms with van der Waals surface area (Å²) in [5.41, 5.74) is -0.139. The third-order valence-corrected chi connectivity index (χ3v) is 2.93. The maximum Gasteiger partial charge on any atom is 0.0106 e. The van der Waals surface area contributed by atoms with Crippen LogP contribution in [0.15, 0.2) is 0 Å². The molecular formula is C9H20NO-. The van der Waals surface area contributed by atoms with Crippen LogP contribution in [0.4, 0.5) is 0 Å². The highest BCUT2D eigenvalue weighted by atomic mass is 16.5. The SMILES string of the molecule is CCC(CC)(C(C)C)N(C)[O-]. The molecule has 0 aromatic carbocycles. The first-order valence-electron chi connectivity index (χ1n) is 4.42. The maximum absolute atomic E-state index is 11.3. The molecular weight excluding hydrogens is 138 g/mol. The zero-order chi connectivity index (χ0) is 9.07. The highest BCUT2D eigenvalue weighted by molar-refractivity contribution is 4.89. The Kier molecular flexibility index (Phi) is 4.04. The van der Waals surface area contributed by atoms with E-state index in [0.29, 0.717) is 5.92 Å². The third-order valence-electron chi connectivity index (χ3n) is 2.93. The predicted molar refractivity (Wildman–Crippen MR) is 49.3 cm³/mol. The van der Waals surface area contributed by atoms with Gasteiger partial charge in [0.1, 0.15) is 0 Å². The van der Waals surface area contributed by atoms with Crippen molar-refractivity contribution in [1.82, 2.24) is 5.06 Å². The summed E-state index contributed by atoms with van der Waals surface area (Å²) in [4.78, 5) is 0. The fourth-order valence-corrected chi connectivity index (χ4v) is 1.88. The third kappa shape index (κ3) is 1.94. The minimum absolute atomic E-state index is 0.139. The van der Waals surface area contributed by atoms with Crippen LogP contribution in [0.25, 0.3) is 0 Å². The van der Waals surface area contributed by atoms with E-state index in [9.17, 15) is 5.21 Å². The van der Waals surface area contributed by atoms with Gasteiger partial charge in [-0.25, -0.2) is 0 Å². The highest BCUT2D eigenvalue weighted by Gasteiger charge is 2.29. The molecule has 0 aliphatic carbocycles. The first kappa shape index (κ1) is 10.9. The summed E-state index contributed by atoms with van der Waals surface area (Å²) in [7, 11) is 1.63. The lowest BCUT2D eigenvalue weighted by Crippen LogP contribution is -2.46. The lowest BCUT2D eigenvalue weighted by atomic mass is 9.81. The molecule has 2 nitrogen and oxygen atoms in total. The minimum Gasteiger partial charge on any atom is -0.785 e. The van der Waals surface area contributed by atoms with Crippen LogP contribution in [0.3, 0.4) is 0 Å². The number of hydroxylamine groups is 2. The van der Waals surface area contributed by atoms with Crippen molar-refractivity contribution >= 4 is 0 Å². The van der Waals surface area contributed by atoms with Gasteiger partial charge in [0.2, 0.25) is 0 Å². The van der Waals surface area contributed by atoms with Crippen molar-refractivity contribution in [2.75, 3.05) is 7.05 Å². The molecule has 0 amide bonds. The zero-order valence-corrected chi connectivity index (χ0v) is 8.35. The topological polar surface area (TPSA) is 26.3 Å². The maximum atomic E-state index is 11.3. The largest absolute Gasteiger partial charge is 0.785 e. The van der Waals surface area contributed by atoms with Gasteiger partial charge < -0.3 is 10.3 Å². The van der Waals surface area contributed by atoms with Gasteiger partial charge in [-0.3, -0.25) is 0 Å². The summed E-state index contributed by atoms with van der Waals surface area (Å²) in [5.74, 6) is 0.431.